The zero-order valence-corrected chi connectivity index (χ0v) is 17.0. The minimum Gasteiger partial charge on any atom is -0.494 e. The number of hydrogen-bond donors (Lipinski definition) is 1. The summed E-state index contributed by atoms with van der Waals surface area (Å²) in [4.78, 5) is 9.10. The van der Waals surface area contributed by atoms with Crippen LogP contribution in [-0.4, -0.2) is 36.1 Å². The Morgan fingerprint density at radius 2 is 1.80 bits per heavy atom. The van der Waals surface area contributed by atoms with E-state index in [1.165, 1.54) is 0 Å². The lowest BCUT2D eigenvalue weighted by Gasteiger charge is -2.08. The summed E-state index contributed by atoms with van der Waals surface area (Å²) in [6, 6.07) is 9.92. The Morgan fingerprint density at radius 1 is 0.967 bits per heavy atom. The number of nitrogens with two attached hydrogens (primary N) is 1. The van der Waals surface area contributed by atoms with Gasteiger partial charge in [-0.1, -0.05) is 12.1 Å². The van der Waals surface area contributed by atoms with Crippen LogP contribution in [0.3, 0.4) is 0 Å². The van der Waals surface area contributed by atoms with Gasteiger partial charge in [0.2, 0.25) is 0 Å². The van der Waals surface area contributed by atoms with Gasteiger partial charge < -0.3 is 10.5 Å². The van der Waals surface area contributed by atoms with Crippen LogP contribution in [-0.2, 0) is 25.9 Å². The Hall–Kier alpha value is -3.68. The van der Waals surface area contributed by atoms with Crippen molar-refractivity contribution in [2.75, 3.05) is 12.3 Å². The third kappa shape index (κ3) is 5.02. The Morgan fingerprint density at radius 3 is 2.57 bits per heavy atom. The molecule has 154 valence electrons. The second kappa shape index (κ2) is 9.21. The molecule has 0 aliphatic rings. The molecule has 0 aliphatic carbocycles. The molecular weight excluding hydrogens is 378 g/mol. The summed E-state index contributed by atoms with van der Waals surface area (Å²) in [5, 5.41) is 8.64. The van der Waals surface area contributed by atoms with Crippen molar-refractivity contribution in [1.82, 2.24) is 29.5 Å². The fourth-order valence-electron chi connectivity index (χ4n) is 3.20. The summed E-state index contributed by atoms with van der Waals surface area (Å²) in [5.74, 6) is 1.60. The number of nitrogens with zero attached hydrogens (tertiary/aromatic N) is 6. The molecule has 0 unspecified atom stereocenters. The largest absolute Gasteiger partial charge is 0.494 e. The van der Waals surface area contributed by atoms with E-state index in [1.54, 1.807) is 12.4 Å². The molecule has 8 heteroatoms. The zero-order chi connectivity index (χ0) is 20.8. The SMILES string of the molecule is CCOc1ccc(Cc2nc(Cc3cnn(CCn4cccn4)c3)ncc2N)cc1. The molecule has 3 aromatic heterocycles. The van der Waals surface area contributed by atoms with Gasteiger partial charge in [-0.2, -0.15) is 10.2 Å². The quantitative estimate of drug-likeness (QED) is 0.462. The van der Waals surface area contributed by atoms with Crippen LogP contribution in [0.15, 0.2) is 61.3 Å². The Labute approximate surface area is 175 Å². The molecular formula is C22H25N7O. The summed E-state index contributed by atoms with van der Waals surface area (Å²) in [7, 11) is 0. The summed E-state index contributed by atoms with van der Waals surface area (Å²) in [6.07, 6.45) is 10.5. The van der Waals surface area contributed by atoms with Crippen molar-refractivity contribution in [3.05, 3.63) is 84.0 Å². The molecule has 0 saturated carbocycles. The number of rotatable bonds is 9. The maximum atomic E-state index is 6.12. The molecule has 0 fully saturated rings. The van der Waals surface area contributed by atoms with E-state index in [2.05, 4.69) is 15.2 Å². The predicted octanol–water partition coefficient (Wildman–Crippen LogP) is 2.73. The number of nitrogen functional groups attached to an aromatic ring is 1. The van der Waals surface area contributed by atoms with E-state index < -0.39 is 0 Å². The first kappa shape index (κ1) is 19.6. The molecule has 1 aromatic carbocycles. The average molecular weight is 403 g/mol. The molecule has 4 rings (SSSR count). The van der Waals surface area contributed by atoms with Gasteiger partial charge in [-0.25, -0.2) is 9.97 Å². The Balaban J connectivity index is 1.40. The van der Waals surface area contributed by atoms with Crippen molar-refractivity contribution >= 4 is 5.69 Å². The van der Waals surface area contributed by atoms with E-state index in [4.69, 9.17) is 15.5 Å². The van der Waals surface area contributed by atoms with E-state index in [1.807, 2.05) is 65.2 Å². The highest BCUT2D eigenvalue weighted by Gasteiger charge is 2.09. The van der Waals surface area contributed by atoms with E-state index in [0.717, 1.165) is 41.5 Å². The van der Waals surface area contributed by atoms with Gasteiger partial charge in [0.05, 0.1) is 43.5 Å². The van der Waals surface area contributed by atoms with Crippen LogP contribution in [0.4, 0.5) is 5.69 Å². The number of hydrogen-bond acceptors (Lipinski definition) is 6. The lowest BCUT2D eigenvalue weighted by Crippen LogP contribution is -2.08. The van der Waals surface area contributed by atoms with Crippen molar-refractivity contribution in [3.63, 3.8) is 0 Å². The molecule has 3 heterocycles. The predicted molar refractivity (Wildman–Crippen MR) is 114 cm³/mol. The zero-order valence-electron chi connectivity index (χ0n) is 17.0. The average Bonchev–Trinajstić information content (AvgIpc) is 3.42. The number of aryl methyl sites for hydroxylation is 2. The molecule has 0 aliphatic heterocycles. The number of ether oxygens (including phenoxy) is 1. The molecule has 2 N–H and O–H groups in total. The number of benzene rings is 1. The van der Waals surface area contributed by atoms with Crippen molar-refractivity contribution < 1.29 is 4.74 Å². The van der Waals surface area contributed by atoms with Crippen molar-refractivity contribution in [3.8, 4) is 5.75 Å². The fraction of sp³-hybridized carbons (Fsp3) is 0.273. The minimum atomic E-state index is 0.600. The highest BCUT2D eigenvalue weighted by Crippen LogP contribution is 2.18. The molecule has 4 aromatic rings. The van der Waals surface area contributed by atoms with E-state index in [9.17, 15) is 0 Å². The van der Waals surface area contributed by atoms with Crippen LogP contribution in [0.25, 0.3) is 0 Å². The maximum absolute atomic E-state index is 6.12. The van der Waals surface area contributed by atoms with Gasteiger partial charge in [-0.05, 0) is 36.2 Å². The van der Waals surface area contributed by atoms with Gasteiger partial charge >= 0.3 is 0 Å². The number of aromatic nitrogens is 6. The highest BCUT2D eigenvalue weighted by molar-refractivity contribution is 5.43. The molecule has 0 radical (unpaired) electrons. The first-order valence-corrected chi connectivity index (χ1v) is 10.0. The first-order chi connectivity index (χ1) is 14.7. The Kier molecular flexibility index (Phi) is 6.03. The van der Waals surface area contributed by atoms with Crippen LogP contribution in [0, 0.1) is 0 Å². The summed E-state index contributed by atoms with van der Waals surface area (Å²) >= 11 is 0. The normalized spacial score (nSPS) is 11.0. The summed E-state index contributed by atoms with van der Waals surface area (Å²) in [5.41, 5.74) is 9.74. The van der Waals surface area contributed by atoms with Crippen LogP contribution in [0.5, 0.6) is 5.75 Å². The monoisotopic (exact) mass is 403 g/mol. The summed E-state index contributed by atoms with van der Waals surface area (Å²) < 4.78 is 9.30. The van der Waals surface area contributed by atoms with Crippen LogP contribution in [0.1, 0.15) is 29.6 Å². The van der Waals surface area contributed by atoms with Crippen molar-refractivity contribution in [1.29, 1.82) is 0 Å². The van der Waals surface area contributed by atoms with Gasteiger partial charge in [0, 0.05) is 31.4 Å². The standard InChI is InChI=1S/C22H25N7O/c1-2-30-19-6-4-17(5-7-19)12-21-20(23)15-24-22(27-21)13-18-14-26-29(16-18)11-10-28-9-3-8-25-28/h3-9,14-16H,2,10-13,23H2,1H3. The molecule has 0 saturated heterocycles. The van der Waals surface area contributed by atoms with Crippen LogP contribution >= 0.6 is 0 Å². The van der Waals surface area contributed by atoms with Crippen molar-refractivity contribution in [2.24, 2.45) is 0 Å². The minimum absolute atomic E-state index is 0.600. The lowest BCUT2D eigenvalue weighted by molar-refractivity contribution is 0.340. The molecule has 0 spiro atoms. The second-order valence-electron chi connectivity index (χ2n) is 7.00. The van der Waals surface area contributed by atoms with Gasteiger partial charge in [0.1, 0.15) is 11.6 Å². The molecule has 0 bridgehead atoms. The topological polar surface area (TPSA) is 96.7 Å². The van der Waals surface area contributed by atoms with Crippen LogP contribution in [0.2, 0.25) is 0 Å². The number of anilines is 1. The fourth-order valence-corrected chi connectivity index (χ4v) is 3.20. The third-order valence-electron chi connectivity index (χ3n) is 4.72. The van der Waals surface area contributed by atoms with E-state index in [-0.39, 0.29) is 0 Å². The van der Waals surface area contributed by atoms with Gasteiger partial charge in [0.15, 0.2) is 0 Å². The molecule has 0 amide bonds. The van der Waals surface area contributed by atoms with Gasteiger partial charge in [-0.3, -0.25) is 9.36 Å². The van der Waals surface area contributed by atoms with Crippen LogP contribution < -0.4 is 10.5 Å². The third-order valence-corrected chi connectivity index (χ3v) is 4.72. The maximum Gasteiger partial charge on any atom is 0.133 e. The molecule has 8 nitrogen and oxygen atoms in total. The first-order valence-electron chi connectivity index (χ1n) is 10.0. The van der Waals surface area contributed by atoms with E-state index in [0.29, 0.717) is 25.1 Å². The Bertz CT molecular complexity index is 1070. The van der Waals surface area contributed by atoms with Gasteiger partial charge in [0.25, 0.3) is 0 Å². The molecule has 0 atom stereocenters. The highest BCUT2D eigenvalue weighted by atomic mass is 16.5. The van der Waals surface area contributed by atoms with Gasteiger partial charge in [-0.15, -0.1) is 0 Å². The van der Waals surface area contributed by atoms with E-state index >= 15 is 0 Å². The smallest absolute Gasteiger partial charge is 0.133 e. The molecule has 30 heavy (non-hydrogen) atoms. The lowest BCUT2D eigenvalue weighted by atomic mass is 10.1. The summed E-state index contributed by atoms with van der Waals surface area (Å²) in [6.45, 7) is 4.16. The van der Waals surface area contributed by atoms with Crippen molar-refractivity contribution in [2.45, 2.75) is 32.9 Å². The second-order valence-corrected chi connectivity index (χ2v) is 7.00.